The molecule has 1 aromatic rings. The molecule has 0 bridgehead atoms. The molecule has 0 aromatic heterocycles. The number of anilines is 2. The first-order chi connectivity index (χ1) is 9.60. The Kier molecular flexibility index (Phi) is 3.57. The molecule has 4 heteroatoms. The standard InChI is InChI=1S/C16H22F2N2/c17-15(18)13-11-12(19)3-4-14(13)20-9-7-16(8-10-20)5-1-2-6-16/h3-4,11,15H,1-2,5-10,19H2. The maximum Gasteiger partial charge on any atom is 0.265 e. The van der Waals surface area contributed by atoms with Gasteiger partial charge in [-0.3, -0.25) is 0 Å². The van der Waals surface area contributed by atoms with Crippen molar-refractivity contribution in [1.82, 2.24) is 0 Å². The maximum absolute atomic E-state index is 13.2. The fourth-order valence-corrected chi connectivity index (χ4v) is 3.88. The summed E-state index contributed by atoms with van der Waals surface area (Å²) in [5, 5.41) is 0. The summed E-state index contributed by atoms with van der Waals surface area (Å²) in [6.45, 7) is 1.78. The van der Waals surface area contributed by atoms with Crippen LogP contribution < -0.4 is 10.6 Å². The Hall–Kier alpha value is -1.32. The van der Waals surface area contributed by atoms with Crippen molar-refractivity contribution in [2.45, 2.75) is 45.0 Å². The van der Waals surface area contributed by atoms with E-state index in [-0.39, 0.29) is 5.56 Å². The highest BCUT2D eigenvalue weighted by Gasteiger charge is 2.37. The summed E-state index contributed by atoms with van der Waals surface area (Å²) >= 11 is 0. The van der Waals surface area contributed by atoms with E-state index >= 15 is 0 Å². The lowest BCUT2D eigenvalue weighted by Crippen LogP contribution is -2.39. The van der Waals surface area contributed by atoms with Gasteiger partial charge in [0, 0.05) is 30.0 Å². The number of hydrogen-bond acceptors (Lipinski definition) is 2. The molecule has 20 heavy (non-hydrogen) atoms. The van der Waals surface area contributed by atoms with Crippen LogP contribution in [0, 0.1) is 5.41 Å². The average molecular weight is 280 g/mol. The average Bonchev–Trinajstić information content (AvgIpc) is 2.88. The number of benzene rings is 1. The van der Waals surface area contributed by atoms with Crippen LogP contribution in [0.25, 0.3) is 0 Å². The first kappa shape index (κ1) is 13.7. The van der Waals surface area contributed by atoms with Gasteiger partial charge in [-0.1, -0.05) is 12.8 Å². The van der Waals surface area contributed by atoms with E-state index in [1.54, 1.807) is 12.1 Å². The van der Waals surface area contributed by atoms with Crippen molar-refractivity contribution < 1.29 is 8.78 Å². The van der Waals surface area contributed by atoms with Crippen molar-refractivity contribution >= 4 is 11.4 Å². The minimum absolute atomic E-state index is 0.0763. The van der Waals surface area contributed by atoms with Crippen LogP contribution in [0.2, 0.25) is 0 Å². The smallest absolute Gasteiger partial charge is 0.265 e. The molecular formula is C16H22F2N2. The Morgan fingerprint density at radius 1 is 1.05 bits per heavy atom. The topological polar surface area (TPSA) is 29.3 Å². The first-order valence-corrected chi connectivity index (χ1v) is 7.52. The van der Waals surface area contributed by atoms with E-state index in [1.165, 1.54) is 31.7 Å². The van der Waals surface area contributed by atoms with Crippen LogP contribution in [0.5, 0.6) is 0 Å². The van der Waals surface area contributed by atoms with Gasteiger partial charge in [-0.05, 0) is 49.3 Å². The maximum atomic E-state index is 13.2. The third-order valence-electron chi connectivity index (χ3n) is 5.12. The van der Waals surface area contributed by atoms with Crippen molar-refractivity contribution in [2.75, 3.05) is 23.7 Å². The predicted octanol–water partition coefficient (Wildman–Crippen LogP) is 4.37. The van der Waals surface area contributed by atoms with Crippen LogP contribution in [-0.4, -0.2) is 13.1 Å². The van der Waals surface area contributed by atoms with E-state index in [0.717, 1.165) is 25.9 Å². The number of alkyl halides is 2. The molecule has 1 saturated heterocycles. The normalized spacial score (nSPS) is 21.9. The number of rotatable bonds is 2. The second-order valence-corrected chi connectivity index (χ2v) is 6.31. The minimum atomic E-state index is -2.46. The second kappa shape index (κ2) is 5.23. The van der Waals surface area contributed by atoms with Crippen LogP contribution in [0.4, 0.5) is 20.2 Å². The molecule has 1 spiro atoms. The van der Waals surface area contributed by atoms with Gasteiger partial charge in [0.15, 0.2) is 0 Å². The van der Waals surface area contributed by atoms with Crippen LogP contribution in [0.15, 0.2) is 18.2 Å². The zero-order valence-corrected chi connectivity index (χ0v) is 11.7. The molecule has 2 fully saturated rings. The SMILES string of the molecule is Nc1ccc(N2CCC3(CCCC3)CC2)c(C(F)F)c1. The fourth-order valence-electron chi connectivity index (χ4n) is 3.88. The van der Waals surface area contributed by atoms with Gasteiger partial charge in [0.25, 0.3) is 6.43 Å². The molecular weight excluding hydrogens is 258 g/mol. The zero-order valence-electron chi connectivity index (χ0n) is 11.7. The van der Waals surface area contributed by atoms with Gasteiger partial charge >= 0.3 is 0 Å². The van der Waals surface area contributed by atoms with E-state index in [2.05, 4.69) is 4.90 Å². The number of hydrogen-bond donors (Lipinski definition) is 1. The molecule has 1 heterocycles. The highest BCUT2D eigenvalue weighted by molar-refractivity contribution is 5.60. The molecule has 0 atom stereocenters. The molecule has 0 radical (unpaired) electrons. The molecule has 1 aromatic carbocycles. The Morgan fingerprint density at radius 3 is 2.30 bits per heavy atom. The lowest BCUT2D eigenvalue weighted by atomic mass is 9.77. The third kappa shape index (κ3) is 2.48. The van der Waals surface area contributed by atoms with E-state index < -0.39 is 6.43 Å². The number of halogens is 2. The minimum Gasteiger partial charge on any atom is -0.399 e. The molecule has 2 nitrogen and oxygen atoms in total. The number of nitrogens with zero attached hydrogens (tertiary/aromatic N) is 1. The molecule has 1 aliphatic heterocycles. The van der Waals surface area contributed by atoms with Crippen LogP contribution >= 0.6 is 0 Å². The fraction of sp³-hybridized carbons (Fsp3) is 0.625. The highest BCUT2D eigenvalue weighted by Crippen LogP contribution is 2.47. The summed E-state index contributed by atoms with van der Waals surface area (Å²) in [6.07, 6.45) is 5.14. The van der Waals surface area contributed by atoms with Gasteiger partial charge in [0.2, 0.25) is 0 Å². The predicted molar refractivity (Wildman–Crippen MR) is 78.2 cm³/mol. The Balaban J connectivity index is 1.77. The van der Waals surface area contributed by atoms with Gasteiger partial charge in [0.05, 0.1) is 0 Å². The molecule has 1 saturated carbocycles. The molecule has 3 rings (SSSR count). The first-order valence-electron chi connectivity index (χ1n) is 7.52. The quantitative estimate of drug-likeness (QED) is 0.815. The Bertz CT molecular complexity index is 471. The van der Waals surface area contributed by atoms with Crippen molar-refractivity contribution in [1.29, 1.82) is 0 Å². The zero-order chi connectivity index (χ0) is 14.2. The largest absolute Gasteiger partial charge is 0.399 e. The summed E-state index contributed by atoms with van der Waals surface area (Å²) in [5.74, 6) is 0. The van der Waals surface area contributed by atoms with Crippen LogP contribution in [0.3, 0.4) is 0 Å². The lowest BCUT2D eigenvalue weighted by molar-refractivity contribution is 0.151. The Labute approximate surface area is 118 Å². The van der Waals surface area contributed by atoms with Crippen molar-refractivity contribution in [2.24, 2.45) is 5.41 Å². The summed E-state index contributed by atoms with van der Waals surface area (Å²) in [6, 6.07) is 4.89. The van der Waals surface area contributed by atoms with E-state index in [9.17, 15) is 8.78 Å². The molecule has 1 aliphatic carbocycles. The monoisotopic (exact) mass is 280 g/mol. The number of nitrogens with two attached hydrogens (primary N) is 1. The summed E-state index contributed by atoms with van der Waals surface area (Å²) in [7, 11) is 0. The van der Waals surface area contributed by atoms with Crippen LogP contribution in [0.1, 0.15) is 50.5 Å². The second-order valence-electron chi connectivity index (χ2n) is 6.31. The summed E-state index contributed by atoms with van der Waals surface area (Å²) in [4.78, 5) is 2.12. The number of piperidine rings is 1. The number of nitrogen functional groups attached to an aromatic ring is 1. The van der Waals surface area contributed by atoms with Gasteiger partial charge in [-0.15, -0.1) is 0 Å². The Morgan fingerprint density at radius 2 is 1.70 bits per heavy atom. The van der Waals surface area contributed by atoms with Gasteiger partial charge in [-0.2, -0.15) is 0 Å². The molecule has 110 valence electrons. The van der Waals surface area contributed by atoms with Gasteiger partial charge < -0.3 is 10.6 Å². The molecule has 0 unspecified atom stereocenters. The summed E-state index contributed by atoms with van der Waals surface area (Å²) < 4.78 is 26.3. The van der Waals surface area contributed by atoms with E-state index in [4.69, 9.17) is 5.73 Å². The van der Waals surface area contributed by atoms with Crippen molar-refractivity contribution in [3.63, 3.8) is 0 Å². The lowest BCUT2D eigenvalue weighted by Gasteiger charge is -2.41. The molecule has 0 amide bonds. The van der Waals surface area contributed by atoms with Crippen molar-refractivity contribution in [3.05, 3.63) is 23.8 Å². The van der Waals surface area contributed by atoms with Crippen LogP contribution in [-0.2, 0) is 0 Å². The molecule has 2 N–H and O–H groups in total. The third-order valence-corrected chi connectivity index (χ3v) is 5.12. The summed E-state index contributed by atoms with van der Waals surface area (Å²) in [5.41, 5.74) is 7.30. The molecule has 2 aliphatic rings. The van der Waals surface area contributed by atoms with Gasteiger partial charge in [0.1, 0.15) is 0 Å². The highest BCUT2D eigenvalue weighted by atomic mass is 19.3. The van der Waals surface area contributed by atoms with E-state index in [0.29, 0.717) is 16.8 Å². The van der Waals surface area contributed by atoms with Gasteiger partial charge in [-0.25, -0.2) is 8.78 Å². The van der Waals surface area contributed by atoms with Crippen molar-refractivity contribution in [3.8, 4) is 0 Å². The van der Waals surface area contributed by atoms with E-state index in [1.807, 2.05) is 0 Å².